The zero-order valence-corrected chi connectivity index (χ0v) is 24.4. The van der Waals surface area contributed by atoms with Crippen LogP contribution in [0.15, 0.2) is 70.2 Å². The highest BCUT2D eigenvalue weighted by Crippen LogP contribution is 2.25. The second-order valence-corrected chi connectivity index (χ2v) is 12.1. The molecule has 0 aliphatic heterocycles. The zero-order chi connectivity index (χ0) is 30.0. The van der Waals surface area contributed by atoms with Crippen molar-refractivity contribution in [2.75, 3.05) is 26.7 Å². The highest BCUT2D eigenvalue weighted by molar-refractivity contribution is 7.89. The predicted molar refractivity (Wildman–Crippen MR) is 157 cm³/mol. The maximum absolute atomic E-state index is 13.9. The van der Waals surface area contributed by atoms with E-state index in [0.717, 1.165) is 10.6 Å². The number of amides is 2. The minimum absolute atomic E-state index is 0.0585. The number of nitrogens with one attached hydrogen (secondary N) is 2. The third-order valence-corrected chi connectivity index (χ3v) is 8.25. The van der Waals surface area contributed by atoms with Gasteiger partial charge in [0.2, 0.25) is 15.9 Å². The lowest BCUT2D eigenvalue weighted by Gasteiger charge is -2.37. The maximum atomic E-state index is 13.9. The number of hydrazine groups is 1. The summed E-state index contributed by atoms with van der Waals surface area (Å²) in [5, 5.41) is 16.1. The Morgan fingerprint density at radius 1 is 1.10 bits per heavy atom. The van der Waals surface area contributed by atoms with Crippen molar-refractivity contribution < 1.29 is 27.5 Å². The van der Waals surface area contributed by atoms with Gasteiger partial charge in [0.25, 0.3) is 5.91 Å². The lowest BCUT2D eigenvalue weighted by atomic mass is 9.99. The van der Waals surface area contributed by atoms with Gasteiger partial charge in [-0.1, -0.05) is 44.2 Å². The Bertz CT molecular complexity index is 1450. The molecule has 1 unspecified atom stereocenters. The summed E-state index contributed by atoms with van der Waals surface area (Å²) in [5.41, 5.74) is 3.95. The number of aliphatic hydroxyl groups is 1. The van der Waals surface area contributed by atoms with Crippen molar-refractivity contribution in [3.05, 3.63) is 66.4 Å². The van der Waals surface area contributed by atoms with Crippen molar-refractivity contribution in [3.8, 4) is 12.3 Å². The van der Waals surface area contributed by atoms with E-state index in [1.807, 2.05) is 44.2 Å². The third kappa shape index (κ3) is 8.65. The van der Waals surface area contributed by atoms with E-state index in [1.165, 1.54) is 22.7 Å². The number of terminal acetylenes is 1. The fourth-order valence-corrected chi connectivity index (χ4v) is 6.14. The van der Waals surface area contributed by atoms with E-state index in [2.05, 4.69) is 16.7 Å². The number of likely N-dealkylation sites (N-methyl/N-ethyl adjacent to an activating group) is 1. The van der Waals surface area contributed by atoms with Crippen LogP contribution < -0.4 is 10.7 Å². The van der Waals surface area contributed by atoms with Crippen LogP contribution in [-0.2, 0) is 26.0 Å². The Morgan fingerprint density at radius 3 is 2.49 bits per heavy atom. The smallest absolute Gasteiger partial charge is 0.252 e. The number of hydrogen-bond acceptors (Lipinski definition) is 7. The Morgan fingerprint density at radius 2 is 1.83 bits per heavy atom. The molecule has 11 heteroatoms. The summed E-state index contributed by atoms with van der Waals surface area (Å²) in [7, 11) is -2.46. The molecule has 0 spiro atoms. The summed E-state index contributed by atoms with van der Waals surface area (Å²) in [5.74, 6) is 1.38. The van der Waals surface area contributed by atoms with Crippen LogP contribution in [0, 0.1) is 18.3 Å². The summed E-state index contributed by atoms with van der Waals surface area (Å²) in [6, 6.07) is 14.4. The number of benzene rings is 2. The highest BCUT2D eigenvalue weighted by Gasteiger charge is 2.36. The van der Waals surface area contributed by atoms with Crippen LogP contribution in [0.3, 0.4) is 0 Å². The Balaban J connectivity index is 2.00. The Hall–Kier alpha value is -3.69. The molecule has 0 fully saturated rings. The topological polar surface area (TPSA) is 132 Å². The van der Waals surface area contributed by atoms with Crippen molar-refractivity contribution in [2.24, 2.45) is 5.92 Å². The Labute approximate surface area is 241 Å². The molecule has 0 radical (unpaired) electrons. The van der Waals surface area contributed by atoms with E-state index >= 15 is 0 Å². The van der Waals surface area contributed by atoms with Gasteiger partial charge in [-0.15, -0.1) is 12.3 Å². The number of nitrogens with zero attached hydrogens (tertiary/aromatic N) is 2. The molecule has 0 aliphatic carbocycles. The first-order valence-electron chi connectivity index (χ1n) is 13.5. The normalized spacial score (nSPS) is 13.2. The molecule has 2 amide bonds. The molecule has 0 saturated heterocycles. The van der Waals surface area contributed by atoms with Gasteiger partial charge in [-0.2, -0.15) is 4.31 Å². The molecule has 3 N–H and O–H groups in total. The van der Waals surface area contributed by atoms with Crippen LogP contribution in [-0.4, -0.2) is 73.5 Å². The number of furan rings is 1. The van der Waals surface area contributed by atoms with Crippen LogP contribution in [0.4, 0.5) is 0 Å². The number of rotatable bonds is 14. The summed E-state index contributed by atoms with van der Waals surface area (Å²) < 4.78 is 34.3. The van der Waals surface area contributed by atoms with Crippen LogP contribution >= 0.6 is 0 Å². The van der Waals surface area contributed by atoms with E-state index in [9.17, 15) is 23.1 Å². The van der Waals surface area contributed by atoms with Crippen LogP contribution in [0.5, 0.6) is 0 Å². The number of fused-ring (bicyclic) bond motifs is 1. The number of sulfonamides is 1. The molecular formula is C30H38N4O6S. The van der Waals surface area contributed by atoms with Gasteiger partial charge in [0.05, 0.1) is 29.8 Å². The average Bonchev–Trinajstić information content (AvgIpc) is 3.42. The van der Waals surface area contributed by atoms with Crippen molar-refractivity contribution in [3.63, 3.8) is 0 Å². The molecule has 3 rings (SSSR count). The van der Waals surface area contributed by atoms with Crippen molar-refractivity contribution in [1.82, 2.24) is 20.1 Å². The van der Waals surface area contributed by atoms with Gasteiger partial charge in [-0.25, -0.2) is 13.4 Å². The van der Waals surface area contributed by atoms with Gasteiger partial charge in [0.15, 0.2) is 0 Å². The predicted octanol–water partition coefficient (Wildman–Crippen LogP) is 2.54. The van der Waals surface area contributed by atoms with Gasteiger partial charge in [-0.3, -0.25) is 15.0 Å². The first-order chi connectivity index (χ1) is 19.6. The van der Waals surface area contributed by atoms with E-state index in [0.29, 0.717) is 11.0 Å². The summed E-state index contributed by atoms with van der Waals surface area (Å²) in [4.78, 5) is 26.0. The lowest BCUT2D eigenvalue weighted by Crippen LogP contribution is -2.60. The summed E-state index contributed by atoms with van der Waals surface area (Å²) >= 11 is 0. The molecule has 2 atom stereocenters. The zero-order valence-electron chi connectivity index (χ0n) is 23.6. The highest BCUT2D eigenvalue weighted by atomic mass is 32.2. The quantitative estimate of drug-likeness (QED) is 0.197. The van der Waals surface area contributed by atoms with Gasteiger partial charge >= 0.3 is 0 Å². The van der Waals surface area contributed by atoms with Crippen molar-refractivity contribution in [1.29, 1.82) is 0 Å². The maximum Gasteiger partial charge on any atom is 0.252 e. The van der Waals surface area contributed by atoms with Crippen molar-refractivity contribution in [2.45, 2.75) is 50.2 Å². The molecule has 2 aromatic carbocycles. The first kappa shape index (κ1) is 31.8. The number of carbonyl (C=O) groups is 2. The van der Waals surface area contributed by atoms with E-state index in [-0.39, 0.29) is 49.7 Å². The molecule has 3 aromatic rings. The summed E-state index contributed by atoms with van der Waals surface area (Å²) in [6.07, 6.45) is 5.72. The van der Waals surface area contributed by atoms with Crippen molar-refractivity contribution >= 4 is 32.8 Å². The molecule has 10 nitrogen and oxygen atoms in total. The SMILES string of the molecule is C#CCCC(=O)N(NC(=O)CNC)C(Cc1ccccc1)[C@H](O)CN(CC(C)C)S(=O)(=O)c1ccc2occc2c1. The minimum atomic E-state index is -4.05. The lowest BCUT2D eigenvalue weighted by molar-refractivity contribution is -0.147. The molecular weight excluding hydrogens is 544 g/mol. The first-order valence-corrected chi connectivity index (χ1v) is 14.9. The molecule has 1 heterocycles. The van der Waals surface area contributed by atoms with Gasteiger partial charge in [0.1, 0.15) is 5.58 Å². The van der Waals surface area contributed by atoms with E-state index in [1.54, 1.807) is 19.2 Å². The average molecular weight is 583 g/mol. The standard InChI is InChI=1S/C30H38N4O6S/c1-5-6-12-30(37)34(32-29(36)19-31-4)26(17-23-10-8-7-9-11-23)27(35)21-33(20-22(2)3)41(38,39)25-13-14-28-24(18-25)15-16-40-28/h1,7-11,13-16,18,22,26-27,31,35H,6,12,17,19-21H2,2-4H3,(H,32,36)/t26?,27-/m1/s1. The fourth-order valence-electron chi connectivity index (χ4n) is 4.48. The summed E-state index contributed by atoms with van der Waals surface area (Å²) in [6.45, 7) is 3.49. The molecule has 220 valence electrons. The van der Waals surface area contributed by atoms with Gasteiger partial charge in [0, 0.05) is 31.3 Å². The molecule has 0 bridgehead atoms. The number of carbonyl (C=O) groups excluding carboxylic acids is 2. The van der Waals surface area contributed by atoms with Gasteiger partial charge in [-0.05, 0) is 49.2 Å². The molecule has 0 saturated carbocycles. The van der Waals surface area contributed by atoms with E-state index < -0.39 is 34.0 Å². The van der Waals surface area contributed by atoms with Crippen LogP contribution in [0.2, 0.25) is 0 Å². The number of hydrogen-bond donors (Lipinski definition) is 3. The molecule has 41 heavy (non-hydrogen) atoms. The minimum Gasteiger partial charge on any atom is -0.464 e. The third-order valence-electron chi connectivity index (χ3n) is 6.42. The second-order valence-electron chi connectivity index (χ2n) is 10.2. The van der Waals surface area contributed by atoms with Crippen LogP contribution in [0.25, 0.3) is 11.0 Å². The molecule has 0 aliphatic rings. The van der Waals surface area contributed by atoms with Crippen LogP contribution in [0.1, 0.15) is 32.3 Å². The van der Waals surface area contributed by atoms with Gasteiger partial charge < -0.3 is 14.8 Å². The second kappa shape index (κ2) is 14.8. The monoisotopic (exact) mass is 582 g/mol. The van der Waals surface area contributed by atoms with E-state index in [4.69, 9.17) is 10.8 Å². The largest absolute Gasteiger partial charge is 0.464 e. The number of aliphatic hydroxyl groups excluding tert-OH is 1. The Kier molecular flexibility index (Phi) is 11.5. The molecule has 1 aromatic heterocycles. The fraction of sp³-hybridized carbons (Fsp3) is 0.400.